The molecule has 3 nitrogen and oxygen atoms in total. The summed E-state index contributed by atoms with van der Waals surface area (Å²) in [6, 6.07) is 8.40. The number of thioether (sulfide) groups is 1. The molecule has 2 unspecified atom stereocenters. The van der Waals surface area contributed by atoms with Gasteiger partial charge < -0.3 is 10.4 Å². The highest BCUT2D eigenvalue weighted by Gasteiger charge is 2.38. The molecule has 14 heavy (non-hydrogen) atoms. The molecule has 1 aromatic carbocycles. The fourth-order valence-electron chi connectivity index (χ4n) is 1.81. The highest BCUT2D eigenvalue weighted by molar-refractivity contribution is 8.00. The van der Waals surface area contributed by atoms with Gasteiger partial charge in [0.15, 0.2) is 0 Å². The van der Waals surface area contributed by atoms with E-state index in [1.165, 1.54) is 10.6 Å². The van der Waals surface area contributed by atoms with Crippen LogP contribution in [-0.2, 0) is 0 Å². The molecule has 3 rings (SSSR count). The van der Waals surface area contributed by atoms with Gasteiger partial charge in [0.05, 0.1) is 5.69 Å². The van der Waals surface area contributed by atoms with Crippen LogP contribution in [0.4, 0.5) is 5.69 Å². The lowest BCUT2D eigenvalue weighted by molar-refractivity contribution is 0.809. The number of para-hydroxylation sites is 1. The molecule has 3 N–H and O–H groups in total. The zero-order chi connectivity index (χ0) is 8.84. The highest BCUT2D eigenvalue weighted by Crippen LogP contribution is 2.45. The van der Waals surface area contributed by atoms with Gasteiger partial charge in [0.2, 0.25) is 0 Å². The maximum absolute atomic E-state index is 6.19. The molecule has 0 amide bonds. The summed E-state index contributed by atoms with van der Waals surface area (Å²) in [5, 5.41) is 3.37. The van der Waals surface area contributed by atoms with Crippen LogP contribution in [0.1, 0.15) is 0 Å². The van der Waals surface area contributed by atoms with E-state index in [1.807, 2.05) is 11.8 Å². The average molecular weight is 231 g/mol. The predicted molar refractivity (Wildman–Crippen MR) is 59.8 cm³/mol. The van der Waals surface area contributed by atoms with E-state index in [1.54, 1.807) is 0 Å². The van der Waals surface area contributed by atoms with Crippen molar-refractivity contribution in [2.24, 2.45) is 0 Å². The lowest BCUT2D eigenvalue weighted by Gasteiger charge is -2.20. The first-order chi connectivity index (χ1) is 6.36. The molecule has 2 aliphatic rings. The summed E-state index contributed by atoms with van der Waals surface area (Å²) in [4.78, 5) is 3.56. The second-order valence-electron chi connectivity index (χ2n) is 3.19. The van der Waals surface area contributed by atoms with Gasteiger partial charge in [0.25, 0.3) is 0 Å². The lowest BCUT2D eigenvalue weighted by Crippen LogP contribution is -2.30. The molecule has 0 bridgehead atoms. The third-order valence-electron chi connectivity index (χ3n) is 2.40. The second kappa shape index (κ2) is 3.62. The maximum Gasteiger partial charge on any atom is 0.134 e. The van der Waals surface area contributed by atoms with Gasteiger partial charge in [0, 0.05) is 11.4 Å². The number of hydrogen-bond acceptors (Lipinski definition) is 3. The number of anilines is 1. The van der Waals surface area contributed by atoms with Gasteiger partial charge >= 0.3 is 0 Å². The average Bonchev–Trinajstić information content (AvgIpc) is 2.66. The Kier molecular flexibility index (Phi) is 2.62. The molecule has 0 saturated carbocycles. The van der Waals surface area contributed by atoms with Crippen molar-refractivity contribution < 1.29 is 5.48 Å². The van der Waals surface area contributed by atoms with Crippen molar-refractivity contribution in [1.29, 1.82) is 0 Å². The Morgan fingerprint density at radius 2 is 2.21 bits per heavy atom. The van der Waals surface area contributed by atoms with Gasteiger partial charge in [-0.1, -0.05) is 35.5 Å². The quantitative estimate of drug-likeness (QED) is 0.539. The van der Waals surface area contributed by atoms with Gasteiger partial charge in [-0.2, -0.15) is 0 Å². The molecule has 1 fully saturated rings. The normalized spacial score (nSPS) is 28.2. The van der Waals surface area contributed by atoms with Crippen molar-refractivity contribution in [3.05, 3.63) is 24.3 Å². The molecule has 0 spiro atoms. The molecule has 1 aromatic rings. The van der Waals surface area contributed by atoms with Crippen LogP contribution in [0.15, 0.2) is 29.2 Å². The van der Waals surface area contributed by atoms with E-state index in [-0.39, 0.29) is 11.0 Å². The summed E-state index contributed by atoms with van der Waals surface area (Å²) in [6.07, 6.45) is 0. The van der Waals surface area contributed by atoms with Crippen LogP contribution in [0.25, 0.3) is 0 Å². The third-order valence-corrected chi connectivity index (χ3v) is 3.98. The zero-order valence-electron chi connectivity index (χ0n) is 7.40. The van der Waals surface area contributed by atoms with E-state index in [2.05, 4.69) is 34.5 Å². The fourth-order valence-corrected chi connectivity index (χ4v) is 3.43. The van der Waals surface area contributed by atoms with E-state index in [0.717, 1.165) is 6.54 Å². The minimum Gasteiger partial charge on any atom is -0.412 e. The SMILES string of the molecule is ClC1CNC2Sc3ccccc3N12.O. The first-order valence-electron chi connectivity index (χ1n) is 4.28. The van der Waals surface area contributed by atoms with Crippen LogP contribution in [0.5, 0.6) is 0 Å². The van der Waals surface area contributed by atoms with Crippen molar-refractivity contribution in [3.63, 3.8) is 0 Å². The molecule has 0 radical (unpaired) electrons. The number of benzene rings is 1. The summed E-state index contributed by atoms with van der Waals surface area (Å²) in [7, 11) is 0. The Morgan fingerprint density at radius 3 is 3.07 bits per heavy atom. The van der Waals surface area contributed by atoms with Crippen LogP contribution in [0, 0.1) is 0 Å². The molecular weight excluding hydrogens is 220 g/mol. The van der Waals surface area contributed by atoms with Crippen molar-refractivity contribution in [3.8, 4) is 0 Å². The maximum atomic E-state index is 6.19. The molecule has 1 saturated heterocycles. The fraction of sp³-hybridized carbons (Fsp3) is 0.333. The molecule has 0 aromatic heterocycles. The van der Waals surface area contributed by atoms with Crippen molar-refractivity contribution in [2.75, 3.05) is 11.4 Å². The Hall–Kier alpha value is -0.420. The molecule has 2 aliphatic heterocycles. The zero-order valence-corrected chi connectivity index (χ0v) is 8.98. The van der Waals surface area contributed by atoms with Gasteiger partial charge in [0.1, 0.15) is 11.0 Å². The number of rotatable bonds is 0. The number of halogens is 1. The molecule has 2 heterocycles. The minimum atomic E-state index is 0. The van der Waals surface area contributed by atoms with Gasteiger partial charge in [-0.25, -0.2) is 0 Å². The van der Waals surface area contributed by atoms with E-state index in [4.69, 9.17) is 11.6 Å². The van der Waals surface area contributed by atoms with Crippen LogP contribution in [-0.4, -0.2) is 23.0 Å². The largest absolute Gasteiger partial charge is 0.412 e. The topological polar surface area (TPSA) is 46.8 Å². The molecule has 5 heteroatoms. The van der Waals surface area contributed by atoms with E-state index >= 15 is 0 Å². The summed E-state index contributed by atoms with van der Waals surface area (Å²) in [6.45, 7) is 0.869. The number of nitrogens with zero attached hydrogens (tertiary/aromatic N) is 1. The highest BCUT2D eigenvalue weighted by atomic mass is 35.5. The van der Waals surface area contributed by atoms with Gasteiger partial charge in [-0.15, -0.1) is 0 Å². The smallest absolute Gasteiger partial charge is 0.134 e. The molecule has 2 atom stereocenters. The van der Waals surface area contributed by atoms with Crippen LogP contribution in [0.3, 0.4) is 0 Å². The van der Waals surface area contributed by atoms with Crippen LogP contribution < -0.4 is 10.2 Å². The number of hydrogen-bond donors (Lipinski definition) is 1. The Morgan fingerprint density at radius 1 is 1.43 bits per heavy atom. The van der Waals surface area contributed by atoms with Crippen LogP contribution in [0.2, 0.25) is 0 Å². The second-order valence-corrected chi connectivity index (χ2v) is 4.81. The standard InChI is InChI=1S/C9H9ClN2S.H2O/c10-8-5-11-9-12(8)6-3-1-2-4-7(6)13-9;/h1-4,8-9,11H,5H2;1H2. The summed E-state index contributed by atoms with van der Waals surface area (Å²) in [5.74, 6) is 0. The predicted octanol–water partition coefficient (Wildman–Crippen LogP) is 1.23. The van der Waals surface area contributed by atoms with Gasteiger partial charge in [-0.3, -0.25) is 5.32 Å². The number of alkyl halides is 1. The first-order valence-corrected chi connectivity index (χ1v) is 5.59. The van der Waals surface area contributed by atoms with E-state index < -0.39 is 0 Å². The van der Waals surface area contributed by atoms with Crippen molar-refractivity contribution >= 4 is 29.1 Å². The minimum absolute atomic E-state index is 0. The van der Waals surface area contributed by atoms with E-state index in [9.17, 15) is 0 Å². The lowest BCUT2D eigenvalue weighted by atomic mass is 10.3. The van der Waals surface area contributed by atoms with Crippen molar-refractivity contribution in [2.45, 2.75) is 15.9 Å². The molecule has 76 valence electrons. The first kappa shape index (κ1) is 10.1. The summed E-state index contributed by atoms with van der Waals surface area (Å²) in [5.41, 5.74) is 1.71. The Bertz CT molecular complexity index is 349. The number of fused-ring (bicyclic) bond motifs is 3. The molecule has 0 aliphatic carbocycles. The third kappa shape index (κ3) is 1.30. The number of nitrogens with one attached hydrogen (secondary N) is 1. The Balaban J connectivity index is 0.000000750. The van der Waals surface area contributed by atoms with Gasteiger partial charge in [-0.05, 0) is 12.1 Å². The monoisotopic (exact) mass is 230 g/mol. The van der Waals surface area contributed by atoms with Crippen LogP contribution >= 0.6 is 23.4 Å². The summed E-state index contributed by atoms with van der Waals surface area (Å²) < 4.78 is 0. The van der Waals surface area contributed by atoms with Crippen molar-refractivity contribution in [1.82, 2.24) is 5.32 Å². The Labute approximate surface area is 91.7 Å². The molecular formula is C9H11ClN2OS. The van der Waals surface area contributed by atoms with E-state index in [0.29, 0.717) is 5.50 Å². The summed E-state index contributed by atoms with van der Waals surface area (Å²) >= 11 is 8.03.